The van der Waals surface area contributed by atoms with Crippen molar-refractivity contribution in [2.24, 2.45) is 0 Å². The van der Waals surface area contributed by atoms with E-state index in [1.165, 1.54) is 18.9 Å². The summed E-state index contributed by atoms with van der Waals surface area (Å²) in [5, 5.41) is 3.38. The monoisotopic (exact) mass is 448 g/mol. The molecule has 0 amide bonds. The van der Waals surface area contributed by atoms with E-state index in [-0.39, 0.29) is 16.8 Å². The highest BCUT2D eigenvalue weighted by molar-refractivity contribution is 5.33. The maximum Gasteiger partial charge on any atom is 0.427 e. The molecular formula is C25H31F3N2O2. The molecule has 1 unspecified atom stereocenters. The maximum absolute atomic E-state index is 13.4. The molecule has 0 radical (unpaired) electrons. The molecule has 0 bridgehead atoms. The van der Waals surface area contributed by atoms with E-state index in [1.54, 1.807) is 18.2 Å². The van der Waals surface area contributed by atoms with Crippen LogP contribution in [-0.4, -0.2) is 36.5 Å². The Labute approximate surface area is 187 Å². The number of ether oxygens (including phenoxy) is 2. The van der Waals surface area contributed by atoms with Crippen LogP contribution in [0.3, 0.4) is 0 Å². The Hall–Kier alpha value is -2.12. The van der Waals surface area contributed by atoms with Gasteiger partial charge in [-0.1, -0.05) is 37.1 Å². The second kappa shape index (κ2) is 9.79. The first kappa shape index (κ1) is 23.1. The van der Waals surface area contributed by atoms with E-state index in [2.05, 4.69) is 16.1 Å². The third-order valence-corrected chi connectivity index (χ3v) is 6.86. The van der Waals surface area contributed by atoms with Crippen LogP contribution in [0.15, 0.2) is 48.7 Å². The molecule has 1 spiro atoms. The molecule has 4 nitrogen and oxygen atoms in total. The van der Waals surface area contributed by atoms with E-state index in [4.69, 9.17) is 9.72 Å². The number of nitrogens with one attached hydrogen (secondary N) is 1. The van der Waals surface area contributed by atoms with E-state index in [0.29, 0.717) is 18.7 Å². The number of hydrogen-bond donors (Lipinski definition) is 1. The topological polar surface area (TPSA) is 43.4 Å². The Balaban J connectivity index is 1.43. The van der Waals surface area contributed by atoms with Gasteiger partial charge >= 0.3 is 6.11 Å². The van der Waals surface area contributed by atoms with E-state index in [1.807, 2.05) is 18.3 Å². The third kappa shape index (κ3) is 5.26. The maximum atomic E-state index is 13.4. The fourth-order valence-corrected chi connectivity index (χ4v) is 5.28. The van der Waals surface area contributed by atoms with E-state index in [0.717, 1.165) is 44.4 Å². The van der Waals surface area contributed by atoms with Gasteiger partial charge in [-0.3, -0.25) is 4.98 Å². The Kier molecular flexibility index (Phi) is 7.05. The summed E-state index contributed by atoms with van der Waals surface area (Å²) in [5.41, 5.74) is 1.55. The summed E-state index contributed by atoms with van der Waals surface area (Å²) >= 11 is 0. The van der Waals surface area contributed by atoms with Crippen LogP contribution >= 0.6 is 0 Å². The number of benzene rings is 1. The minimum absolute atomic E-state index is 0.00179. The summed E-state index contributed by atoms with van der Waals surface area (Å²) in [6.07, 6.45) is 5.38. The Morgan fingerprint density at radius 3 is 2.59 bits per heavy atom. The number of nitrogens with zero attached hydrogens (tertiary/aromatic N) is 1. The molecule has 2 aliphatic rings. The zero-order chi connectivity index (χ0) is 22.5. The van der Waals surface area contributed by atoms with Gasteiger partial charge in [0.25, 0.3) is 0 Å². The Bertz CT molecular complexity index is 875. The first-order chi connectivity index (χ1) is 15.5. The molecular weight excluding hydrogens is 417 g/mol. The van der Waals surface area contributed by atoms with Crippen molar-refractivity contribution in [2.75, 3.05) is 19.8 Å². The number of pyridine rings is 1. The first-order valence-electron chi connectivity index (χ1n) is 11.4. The van der Waals surface area contributed by atoms with Crippen molar-refractivity contribution in [3.8, 4) is 5.75 Å². The van der Waals surface area contributed by atoms with Crippen LogP contribution in [0.1, 0.15) is 56.2 Å². The fraction of sp³-hybridized carbons (Fsp3) is 0.560. The summed E-state index contributed by atoms with van der Waals surface area (Å²) in [6.45, 7) is -0.0737. The fourth-order valence-electron chi connectivity index (χ4n) is 5.28. The highest BCUT2D eigenvalue weighted by Crippen LogP contribution is 2.49. The summed E-state index contributed by atoms with van der Waals surface area (Å²) in [4.78, 5) is 4.71. The van der Waals surface area contributed by atoms with E-state index >= 15 is 0 Å². The van der Waals surface area contributed by atoms with Gasteiger partial charge < -0.3 is 14.8 Å². The van der Waals surface area contributed by atoms with Crippen LogP contribution in [0, 0.1) is 0 Å². The molecule has 1 aromatic heterocycles. The quantitative estimate of drug-likeness (QED) is 0.510. The standard InChI is InChI=1S/C25H31F3N2O2/c26-19-25(27,28)32-21-8-2-1-7-20(21)17-29-15-12-23(22-9-3-6-14-30-22)13-16-31-24(18-23)10-4-5-11-24/h1-3,6-9,14,29H,4-5,10-13,15-19H2. The van der Waals surface area contributed by atoms with Gasteiger partial charge in [0.05, 0.1) is 5.60 Å². The molecule has 1 atom stereocenters. The minimum atomic E-state index is -3.82. The lowest BCUT2D eigenvalue weighted by Crippen LogP contribution is -2.47. The SMILES string of the molecule is FCC(F)(F)Oc1ccccc1CNCCC1(c2ccccn2)CCOC2(CCCC2)C1. The largest absolute Gasteiger partial charge is 0.430 e. The van der Waals surface area contributed by atoms with Gasteiger partial charge in [0, 0.05) is 36.0 Å². The number of alkyl halides is 3. The van der Waals surface area contributed by atoms with Crippen LogP contribution in [-0.2, 0) is 16.7 Å². The predicted octanol–water partition coefficient (Wildman–Crippen LogP) is 5.56. The van der Waals surface area contributed by atoms with Crippen LogP contribution in [0.2, 0.25) is 0 Å². The molecule has 2 aromatic rings. The smallest absolute Gasteiger partial charge is 0.427 e. The molecule has 4 rings (SSSR count). The number of aromatic nitrogens is 1. The van der Waals surface area contributed by atoms with Crippen LogP contribution in [0.5, 0.6) is 5.75 Å². The Morgan fingerprint density at radius 2 is 1.84 bits per heavy atom. The molecule has 1 saturated carbocycles. The van der Waals surface area contributed by atoms with Gasteiger partial charge in [0.2, 0.25) is 0 Å². The van der Waals surface area contributed by atoms with Gasteiger partial charge in [0.1, 0.15) is 5.75 Å². The van der Waals surface area contributed by atoms with Crippen LogP contribution in [0.4, 0.5) is 13.2 Å². The summed E-state index contributed by atoms with van der Waals surface area (Å²) in [5.74, 6) is -0.00179. The van der Waals surface area contributed by atoms with Gasteiger partial charge in [0.15, 0.2) is 6.67 Å². The van der Waals surface area contributed by atoms with Gasteiger partial charge in [-0.2, -0.15) is 8.78 Å². The van der Waals surface area contributed by atoms with Crippen molar-refractivity contribution in [2.45, 2.75) is 68.6 Å². The normalized spacial score (nSPS) is 22.8. The highest BCUT2D eigenvalue weighted by Gasteiger charge is 2.48. The zero-order valence-corrected chi connectivity index (χ0v) is 18.3. The lowest BCUT2D eigenvalue weighted by Gasteiger charge is -2.46. The molecule has 174 valence electrons. The third-order valence-electron chi connectivity index (χ3n) is 6.86. The molecule has 32 heavy (non-hydrogen) atoms. The average molecular weight is 449 g/mol. The molecule has 1 aliphatic heterocycles. The van der Waals surface area contributed by atoms with Gasteiger partial charge in [-0.15, -0.1) is 0 Å². The predicted molar refractivity (Wildman–Crippen MR) is 117 cm³/mol. The average Bonchev–Trinajstić information content (AvgIpc) is 3.25. The van der Waals surface area contributed by atoms with E-state index in [9.17, 15) is 13.2 Å². The van der Waals surface area contributed by atoms with Gasteiger partial charge in [-0.05, 0) is 56.8 Å². The van der Waals surface area contributed by atoms with Crippen molar-refractivity contribution < 1.29 is 22.6 Å². The second-order valence-corrected chi connectivity index (χ2v) is 9.07. The van der Waals surface area contributed by atoms with Crippen molar-refractivity contribution >= 4 is 0 Å². The summed E-state index contributed by atoms with van der Waals surface area (Å²) in [7, 11) is 0. The highest BCUT2D eigenvalue weighted by atomic mass is 19.3. The molecule has 1 aliphatic carbocycles. The lowest BCUT2D eigenvalue weighted by atomic mass is 9.68. The first-order valence-corrected chi connectivity index (χ1v) is 11.4. The lowest BCUT2D eigenvalue weighted by molar-refractivity contribution is -0.186. The van der Waals surface area contributed by atoms with Gasteiger partial charge in [-0.25, -0.2) is 4.39 Å². The van der Waals surface area contributed by atoms with E-state index < -0.39 is 12.8 Å². The van der Waals surface area contributed by atoms with Crippen molar-refractivity contribution in [3.05, 3.63) is 59.9 Å². The summed E-state index contributed by atoms with van der Waals surface area (Å²) < 4.78 is 50.2. The van der Waals surface area contributed by atoms with Crippen LogP contribution < -0.4 is 10.1 Å². The molecule has 1 saturated heterocycles. The molecule has 2 heterocycles. The number of para-hydroxylation sites is 1. The molecule has 1 N–H and O–H groups in total. The van der Waals surface area contributed by atoms with Crippen molar-refractivity contribution in [1.82, 2.24) is 10.3 Å². The molecule has 2 fully saturated rings. The number of rotatable bonds is 9. The number of hydrogen-bond acceptors (Lipinski definition) is 4. The zero-order valence-electron chi connectivity index (χ0n) is 18.3. The second-order valence-electron chi connectivity index (χ2n) is 9.07. The minimum Gasteiger partial charge on any atom is -0.430 e. The van der Waals surface area contributed by atoms with Crippen molar-refractivity contribution in [1.29, 1.82) is 0 Å². The van der Waals surface area contributed by atoms with Crippen molar-refractivity contribution in [3.63, 3.8) is 0 Å². The van der Waals surface area contributed by atoms with Crippen LogP contribution in [0.25, 0.3) is 0 Å². The molecule has 1 aromatic carbocycles. The molecule has 7 heteroatoms. The summed E-state index contributed by atoms with van der Waals surface area (Å²) in [6, 6.07) is 12.6. The Morgan fingerprint density at radius 1 is 1.06 bits per heavy atom. The number of halogens is 3.